The van der Waals surface area contributed by atoms with Gasteiger partial charge in [-0.25, -0.2) is 0 Å². The third kappa shape index (κ3) is 2.74. The second-order valence-corrected chi connectivity index (χ2v) is 4.24. The van der Waals surface area contributed by atoms with E-state index < -0.39 is 0 Å². The molecule has 5 nitrogen and oxygen atoms in total. The highest BCUT2D eigenvalue weighted by atomic mass is 16.6. The number of hydrogen-bond donors (Lipinski definition) is 0. The van der Waals surface area contributed by atoms with Crippen molar-refractivity contribution in [3.8, 4) is 5.75 Å². The van der Waals surface area contributed by atoms with Crippen LogP contribution >= 0.6 is 0 Å². The largest absolute Gasteiger partial charge is 0.496 e. The van der Waals surface area contributed by atoms with Gasteiger partial charge in [0.25, 0.3) is 5.69 Å². The summed E-state index contributed by atoms with van der Waals surface area (Å²) in [6, 6.07) is 4.76. The molecule has 0 aromatic heterocycles. The Labute approximate surface area is 100 Å². The summed E-state index contributed by atoms with van der Waals surface area (Å²) in [5.74, 6) is 0.725. The summed E-state index contributed by atoms with van der Waals surface area (Å²) in [6.45, 7) is 2.85. The molecule has 1 aliphatic heterocycles. The molecule has 0 unspecified atom stereocenters. The van der Waals surface area contributed by atoms with E-state index in [1.165, 1.54) is 18.9 Å². The van der Waals surface area contributed by atoms with Gasteiger partial charge in [-0.3, -0.25) is 15.0 Å². The first-order valence-electron chi connectivity index (χ1n) is 5.74. The predicted octanol–water partition coefficient (Wildman–Crippen LogP) is 2.20. The van der Waals surface area contributed by atoms with Crippen molar-refractivity contribution in [3.05, 3.63) is 33.9 Å². The summed E-state index contributed by atoms with van der Waals surface area (Å²) in [4.78, 5) is 12.7. The van der Waals surface area contributed by atoms with Crippen molar-refractivity contribution < 1.29 is 9.66 Å². The highest BCUT2D eigenvalue weighted by Crippen LogP contribution is 2.26. The van der Waals surface area contributed by atoms with Gasteiger partial charge < -0.3 is 4.74 Å². The lowest BCUT2D eigenvalue weighted by Gasteiger charge is -2.16. The maximum atomic E-state index is 10.7. The minimum atomic E-state index is -0.368. The number of nitrogens with zero attached hydrogens (tertiary/aromatic N) is 2. The molecule has 1 fully saturated rings. The molecule has 1 aromatic rings. The third-order valence-corrected chi connectivity index (χ3v) is 3.07. The normalized spacial score (nSPS) is 16.1. The van der Waals surface area contributed by atoms with Gasteiger partial charge in [-0.2, -0.15) is 0 Å². The van der Waals surface area contributed by atoms with E-state index in [1.807, 2.05) is 0 Å². The van der Waals surface area contributed by atoms with Crippen LogP contribution < -0.4 is 4.74 Å². The Morgan fingerprint density at radius 3 is 2.71 bits per heavy atom. The Hall–Kier alpha value is -1.62. The Morgan fingerprint density at radius 1 is 1.41 bits per heavy atom. The number of likely N-dealkylation sites (tertiary alicyclic amines) is 1. The fourth-order valence-electron chi connectivity index (χ4n) is 2.18. The molecule has 1 aromatic carbocycles. The van der Waals surface area contributed by atoms with E-state index in [0.29, 0.717) is 0 Å². The van der Waals surface area contributed by atoms with Gasteiger partial charge in [-0.1, -0.05) is 0 Å². The van der Waals surface area contributed by atoms with Crippen LogP contribution in [0.3, 0.4) is 0 Å². The average molecular weight is 236 g/mol. The van der Waals surface area contributed by atoms with E-state index in [2.05, 4.69) is 4.90 Å². The number of rotatable bonds is 4. The molecule has 1 heterocycles. The van der Waals surface area contributed by atoms with Gasteiger partial charge in [0, 0.05) is 24.2 Å². The van der Waals surface area contributed by atoms with Crippen molar-refractivity contribution in [2.45, 2.75) is 19.4 Å². The predicted molar refractivity (Wildman–Crippen MR) is 64.2 cm³/mol. The molecular weight excluding hydrogens is 220 g/mol. The number of nitro benzene ring substituents is 1. The van der Waals surface area contributed by atoms with E-state index >= 15 is 0 Å². The van der Waals surface area contributed by atoms with Crippen LogP contribution in [0.5, 0.6) is 5.75 Å². The number of hydrogen-bond acceptors (Lipinski definition) is 4. The molecule has 0 spiro atoms. The fourth-order valence-corrected chi connectivity index (χ4v) is 2.18. The topological polar surface area (TPSA) is 55.6 Å². The number of non-ortho nitro benzene ring substituents is 1. The first kappa shape index (κ1) is 11.9. The minimum absolute atomic E-state index is 0.125. The van der Waals surface area contributed by atoms with E-state index in [4.69, 9.17) is 4.74 Å². The van der Waals surface area contributed by atoms with Gasteiger partial charge in [0.1, 0.15) is 5.75 Å². The molecule has 0 aliphatic carbocycles. The maximum Gasteiger partial charge on any atom is 0.270 e. The first-order valence-corrected chi connectivity index (χ1v) is 5.74. The molecule has 17 heavy (non-hydrogen) atoms. The molecule has 2 rings (SSSR count). The van der Waals surface area contributed by atoms with Crippen molar-refractivity contribution in [2.24, 2.45) is 0 Å². The van der Waals surface area contributed by atoms with Crippen molar-refractivity contribution in [3.63, 3.8) is 0 Å². The van der Waals surface area contributed by atoms with Gasteiger partial charge in [-0.15, -0.1) is 0 Å². The molecule has 0 radical (unpaired) electrons. The lowest BCUT2D eigenvalue weighted by molar-refractivity contribution is -0.384. The van der Waals surface area contributed by atoms with Crippen molar-refractivity contribution in [2.75, 3.05) is 20.2 Å². The lowest BCUT2D eigenvalue weighted by Crippen LogP contribution is -2.18. The van der Waals surface area contributed by atoms with Crippen LogP contribution in [0.4, 0.5) is 5.69 Å². The molecule has 92 valence electrons. The first-order chi connectivity index (χ1) is 8.20. The van der Waals surface area contributed by atoms with E-state index in [0.717, 1.165) is 30.9 Å². The zero-order valence-electron chi connectivity index (χ0n) is 9.89. The standard InChI is InChI=1S/C12H16N2O3/c1-17-12-5-4-11(14(15)16)8-10(12)9-13-6-2-3-7-13/h4-5,8H,2-3,6-7,9H2,1H3. The summed E-state index contributed by atoms with van der Waals surface area (Å²) < 4.78 is 5.24. The quantitative estimate of drug-likeness (QED) is 0.594. The van der Waals surface area contributed by atoms with Crippen LogP contribution in [0.25, 0.3) is 0 Å². The van der Waals surface area contributed by atoms with E-state index in [-0.39, 0.29) is 10.6 Å². The highest BCUT2D eigenvalue weighted by Gasteiger charge is 2.16. The fraction of sp³-hybridized carbons (Fsp3) is 0.500. The van der Waals surface area contributed by atoms with Crippen LogP contribution in [0.1, 0.15) is 18.4 Å². The van der Waals surface area contributed by atoms with Crippen LogP contribution in [0.2, 0.25) is 0 Å². The molecular formula is C12H16N2O3. The molecule has 0 N–H and O–H groups in total. The van der Waals surface area contributed by atoms with Gasteiger partial charge in [-0.05, 0) is 32.0 Å². The summed E-state index contributed by atoms with van der Waals surface area (Å²) >= 11 is 0. The molecule has 0 amide bonds. The number of benzene rings is 1. The van der Waals surface area contributed by atoms with Crippen molar-refractivity contribution >= 4 is 5.69 Å². The number of ether oxygens (including phenoxy) is 1. The van der Waals surface area contributed by atoms with Gasteiger partial charge in [0.15, 0.2) is 0 Å². The van der Waals surface area contributed by atoms with Gasteiger partial charge >= 0.3 is 0 Å². The second kappa shape index (κ2) is 5.14. The molecule has 0 atom stereocenters. The number of methoxy groups -OCH3 is 1. The van der Waals surface area contributed by atoms with Crippen LogP contribution in [-0.4, -0.2) is 30.0 Å². The summed E-state index contributed by atoms with van der Waals surface area (Å²) in [5.41, 5.74) is 1.02. The maximum absolute atomic E-state index is 10.7. The Bertz CT molecular complexity index is 414. The lowest BCUT2D eigenvalue weighted by atomic mass is 10.1. The summed E-state index contributed by atoms with van der Waals surface area (Å²) in [7, 11) is 1.59. The Kier molecular flexibility index (Phi) is 3.58. The van der Waals surface area contributed by atoms with Crippen LogP contribution in [0, 0.1) is 10.1 Å². The minimum Gasteiger partial charge on any atom is -0.496 e. The van der Waals surface area contributed by atoms with Gasteiger partial charge in [0.05, 0.1) is 12.0 Å². The zero-order chi connectivity index (χ0) is 12.3. The molecule has 5 heteroatoms. The number of nitro groups is 1. The van der Waals surface area contributed by atoms with Crippen LogP contribution in [-0.2, 0) is 6.54 Å². The Morgan fingerprint density at radius 2 is 2.12 bits per heavy atom. The molecule has 0 bridgehead atoms. The van der Waals surface area contributed by atoms with Gasteiger partial charge in [0.2, 0.25) is 0 Å². The molecule has 1 saturated heterocycles. The van der Waals surface area contributed by atoms with Crippen molar-refractivity contribution in [1.82, 2.24) is 4.90 Å². The summed E-state index contributed by atoms with van der Waals surface area (Å²) in [5, 5.41) is 10.7. The smallest absolute Gasteiger partial charge is 0.270 e. The Balaban J connectivity index is 2.21. The summed E-state index contributed by atoms with van der Waals surface area (Å²) in [6.07, 6.45) is 2.41. The van der Waals surface area contributed by atoms with Crippen LogP contribution in [0.15, 0.2) is 18.2 Å². The second-order valence-electron chi connectivity index (χ2n) is 4.24. The molecule has 1 aliphatic rings. The van der Waals surface area contributed by atoms with E-state index in [9.17, 15) is 10.1 Å². The SMILES string of the molecule is COc1ccc([N+](=O)[O-])cc1CN1CCCC1. The highest BCUT2D eigenvalue weighted by molar-refractivity contribution is 5.43. The third-order valence-electron chi connectivity index (χ3n) is 3.07. The average Bonchev–Trinajstić information content (AvgIpc) is 2.81. The monoisotopic (exact) mass is 236 g/mol. The zero-order valence-corrected chi connectivity index (χ0v) is 9.89. The van der Waals surface area contributed by atoms with Crippen molar-refractivity contribution in [1.29, 1.82) is 0 Å². The molecule has 0 saturated carbocycles. The van der Waals surface area contributed by atoms with E-state index in [1.54, 1.807) is 19.2 Å².